The van der Waals surface area contributed by atoms with Crippen LogP contribution in [0.4, 0.5) is 0 Å². The average Bonchev–Trinajstić information content (AvgIpc) is 2.34. The summed E-state index contributed by atoms with van der Waals surface area (Å²) >= 11 is 5.84. The normalized spacial score (nSPS) is 11.9. The molecule has 18 heavy (non-hydrogen) atoms. The number of carboxylic acids is 1. The first kappa shape index (κ1) is 14.4. The average molecular weight is 271 g/mol. The van der Waals surface area contributed by atoms with Crippen LogP contribution < -0.4 is 5.32 Å². The summed E-state index contributed by atoms with van der Waals surface area (Å²) in [6, 6.07) is 1.51. The van der Waals surface area contributed by atoms with Crippen molar-refractivity contribution in [2.45, 2.75) is 19.8 Å². The van der Waals surface area contributed by atoms with Crippen molar-refractivity contribution < 1.29 is 14.7 Å². The number of halogens is 1. The van der Waals surface area contributed by atoms with E-state index in [4.69, 9.17) is 16.7 Å². The van der Waals surface area contributed by atoms with E-state index in [0.717, 1.165) is 6.42 Å². The second-order valence-electron chi connectivity index (χ2n) is 3.89. The number of rotatable bonds is 6. The van der Waals surface area contributed by atoms with E-state index < -0.39 is 17.8 Å². The molecule has 1 aromatic heterocycles. The number of carbonyl (C=O) groups is 2. The highest BCUT2D eigenvalue weighted by atomic mass is 35.5. The van der Waals surface area contributed by atoms with Crippen molar-refractivity contribution in [1.29, 1.82) is 0 Å². The van der Waals surface area contributed by atoms with E-state index in [9.17, 15) is 9.59 Å². The monoisotopic (exact) mass is 270 g/mol. The molecule has 0 radical (unpaired) electrons. The van der Waals surface area contributed by atoms with E-state index in [2.05, 4.69) is 10.3 Å². The van der Waals surface area contributed by atoms with Crippen molar-refractivity contribution in [2.75, 3.05) is 6.54 Å². The van der Waals surface area contributed by atoms with Gasteiger partial charge in [0.2, 0.25) is 0 Å². The maximum absolute atomic E-state index is 11.8. The van der Waals surface area contributed by atoms with Gasteiger partial charge in [-0.05, 0) is 12.5 Å². The fourth-order valence-electron chi connectivity index (χ4n) is 1.52. The molecule has 0 aromatic carbocycles. The quantitative estimate of drug-likeness (QED) is 0.828. The highest BCUT2D eigenvalue weighted by Crippen LogP contribution is 2.13. The molecule has 1 rings (SSSR count). The maximum Gasteiger partial charge on any atom is 0.308 e. The predicted molar refractivity (Wildman–Crippen MR) is 67.6 cm³/mol. The molecule has 0 aliphatic carbocycles. The summed E-state index contributed by atoms with van der Waals surface area (Å²) in [5, 5.41) is 11.8. The van der Waals surface area contributed by atoms with Crippen LogP contribution in [0.15, 0.2) is 18.5 Å². The molecular formula is C12H15ClN2O3. The number of aliphatic carboxylic acids is 1. The number of hydrogen-bond donors (Lipinski definition) is 2. The lowest BCUT2D eigenvalue weighted by molar-refractivity contribution is -0.141. The smallest absolute Gasteiger partial charge is 0.308 e. The zero-order valence-electron chi connectivity index (χ0n) is 10.0. The molecule has 1 heterocycles. The van der Waals surface area contributed by atoms with Crippen LogP contribution >= 0.6 is 11.6 Å². The first-order chi connectivity index (χ1) is 8.56. The van der Waals surface area contributed by atoms with Gasteiger partial charge < -0.3 is 10.4 Å². The van der Waals surface area contributed by atoms with Gasteiger partial charge in [0, 0.05) is 18.9 Å². The van der Waals surface area contributed by atoms with Crippen molar-refractivity contribution in [2.24, 2.45) is 5.92 Å². The largest absolute Gasteiger partial charge is 0.481 e. The van der Waals surface area contributed by atoms with Gasteiger partial charge in [-0.15, -0.1) is 0 Å². The minimum Gasteiger partial charge on any atom is -0.481 e. The van der Waals surface area contributed by atoms with Crippen LogP contribution in [0.2, 0.25) is 5.02 Å². The van der Waals surface area contributed by atoms with Crippen LogP contribution in [-0.2, 0) is 4.79 Å². The molecule has 0 saturated heterocycles. The van der Waals surface area contributed by atoms with Gasteiger partial charge in [0.25, 0.3) is 5.91 Å². The molecule has 1 amide bonds. The lowest BCUT2D eigenvalue weighted by Crippen LogP contribution is -2.33. The summed E-state index contributed by atoms with van der Waals surface area (Å²) in [7, 11) is 0. The molecule has 0 bridgehead atoms. The second-order valence-corrected chi connectivity index (χ2v) is 4.30. The summed E-state index contributed by atoms with van der Waals surface area (Å²) in [5.74, 6) is -1.89. The van der Waals surface area contributed by atoms with Gasteiger partial charge in [0.15, 0.2) is 0 Å². The molecular weight excluding hydrogens is 256 g/mol. The van der Waals surface area contributed by atoms with Gasteiger partial charge in [-0.3, -0.25) is 14.6 Å². The van der Waals surface area contributed by atoms with E-state index in [1.807, 2.05) is 6.92 Å². The van der Waals surface area contributed by atoms with Gasteiger partial charge in [0.1, 0.15) is 0 Å². The molecule has 0 aliphatic rings. The Kier molecular flexibility index (Phi) is 5.58. The Morgan fingerprint density at radius 1 is 1.56 bits per heavy atom. The fourth-order valence-corrected chi connectivity index (χ4v) is 1.71. The Morgan fingerprint density at radius 3 is 2.83 bits per heavy atom. The Morgan fingerprint density at radius 2 is 2.28 bits per heavy atom. The summed E-state index contributed by atoms with van der Waals surface area (Å²) in [6.07, 6.45) is 4.11. The molecule has 98 valence electrons. The molecule has 0 fully saturated rings. The van der Waals surface area contributed by atoms with Crippen LogP contribution in [0.3, 0.4) is 0 Å². The van der Waals surface area contributed by atoms with Crippen LogP contribution in [0, 0.1) is 5.92 Å². The van der Waals surface area contributed by atoms with Crippen molar-refractivity contribution in [1.82, 2.24) is 10.3 Å². The number of amides is 1. The van der Waals surface area contributed by atoms with Crippen molar-refractivity contribution in [3.63, 3.8) is 0 Å². The number of carboxylic acid groups (broad SMARTS) is 1. The van der Waals surface area contributed by atoms with Crippen LogP contribution in [0.25, 0.3) is 0 Å². The maximum atomic E-state index is 11.8. The standard InChI is InChI=1S/C12H15ClN2O3/c1-2-3-8(12(17)18)6-15-11(16)9-7-14-5-4-10(9)13/h4-5,7-8H,2-3,6H2,1H3,(H,15,16)(H,17,18). The Balaban J connectivity index is 2.60. The number of nitrogens with one attached hydrogen (secondary N) is 1. The van der Waals surface area contributed by atoms with Gasteiger partial charge in [0.05, 0.1) is 16.5 Å². The first-order valence-corrected chi connectivity index (χ1v) is 6.04. The zero-order valence-corrected chi connectivity index (χ0v) is 10.8. The van der Waals surface area contributed by atoms with E-state index in [1.54, 1.807) is 0 Å². The summed E-state index contributed by atoms with van der Waals surface area (Å²) in [5.41, 5.74) is 0.250. The van der Waals surface area contributed by atoms with Crippen molar-refractivity contribution in [3.8, 4) is 0 Å². The third-order valence-electron chi connectivity index (χ3n) is 2.51. The number of pyridine rings is 1. The van der Waals surface area contributed by atoms with Gasteiger partial charge in [-0.2, -0.15) is 0 Å². The summed E-state index contributed by atoms with van der Waals surface area (Å²) < 4.78 is 0. The number of aromatic nitrogens is 1. The van der Waals surface area contributed by atoms with Crippen molar-refractivity contribution >= 4 is 23.5 Å². The van der Waals surface area contributed by atoms with Crippen LogP contribution in [0.5, 0.6) is 0 Å². The van der Waals surface area contributed by atoms with Gasteiger partial charge in [-0.1, -0.05) is 24.9 Å². The zero-order chi connectivity index (χ0) is 13.5. The molecule has 0 saturated carbocycles. The molecule has 1 aromatic rings. The molecule has 6 heteroatoms. The highest BCUT2D eigenvalue weighted by molar-refractivity contribution is 6.33. The lowest BCUT2D eigenvalue weighted by Gasteiger charge is -2.12. The SMILES string of the molecule is CCCC(CNC(=O)c1cnccc1Cl)C(=O)O. The van der Waals surface area contributed by atoms with E-state index in [1.165, 1.54) is 18.5 Å². The minimum absolute atomic E-state index is 0.0905. The Hall–Kier alpha value is -1.62. The molecule has 1 atom stereocenters. The highest BCUT2D eigenvalue weighted by Gasteiger charge is 2.18. The Labute approximate surface area is 110 Å². The third kappa shape index (κ3) is 4.00. The number of hydrogen-bond acceptors (Lipinski definition) is 3. The van der Waals surface area contributed by atoms with E-state index in [0.29, 0.717) is 11.4 Å². The molecule has 1 unspecified atom stereocenters. The van der Waals surface area contributed by atoms with E-state index in [-0.39, 0.29) is 12.1 Å². The first-order valence-electron chi connectivity index (χ1n) is 5.66. The van der Waals surface area contributed by atoms with Crippen LogP contribution in [-0.4, -0.2) is 28.5 Å². The third-order valence-corrected chi connectivity index (χ3v) is 2.84. The van der Waals surface area contributed by atoms with Crippen molar-refractivity contribution in [3.05, 3.63) is 29.0 Å². The van der Waals surface area contributed by atoms with E-state index >= 15 is 0 Å². The minimum atomic E-state index is -0.908. The fraction of sp³-hybridized carbons (Fsp3) is 0.417. The number of carbonyl (C=O) groups excluding carboxylic acids is 1. The summed E-state index contributed by atoms with van der Waals surface area (Å²) in [4.78, 5) is 26.5. The topological polar surface area (TPSA) is 79.3 Å². The molecule has 0 spiro atoms. The Bertz CT molecular complexity index is 437. The molecule has 2 N–H and O–H groups in total. The molecule has 0 aliphatic heterocycles. The van der Waals surface area contributed by atoms with Crippen LogP contribution in [0.1, 0.15) is 30.1 Å². The lowest BCUT2D eigenvalue weighted by atomic mass is 10.0. The van der Waals surface area contributed by atoms with Gasteiger partial charge >= 0.3 is 5.97 Å². The second kappa shape index (κ2) is 6.96. The number of nitrogens with zero attached hydrogens (tertiary/aromatic N) is 1. The molecule has 5 nitrogen and oxygen atoms in total. The summed E-state index contributed by atoms with van der Waals surface area (Å²) in [6.45, 7) is 1.99. The predicted octanol–water partition coefficient (Wildman–Crippen LogP) is 1.97. The van der Waals surface area contributed by atoms with Gasteiger partial charge in [-0.25, -0.2) is 0 Å².